The first-order valence-corrected chi connectivity index (χ1v) is 9.37. The summed E-state index contributed by atoms with van der Waals surface area (Å²) in [6, 6.07) is 8.06. The number of nitrogens with zero attached hydrogens (tertiary/aromatic N) is 2. The SMILES string of the molecule is CCNC(=NCc1oc2ccccc2c1C)N1CCCC(CC(N)=O)C1.I. The molecule has 1 aliphatic rings. The molecule has 27 heavy (non-hydrogen) atoms. The van der Waals surface area contributed by atoms with Crippen LogP contribution in [0.3, 0.4) is 0 Å². The lowest BCUT2D eigenvalue weighted by Crippen LogP contribution is -2.47. The van der Waals surface area contributed by atoms with E-state index in [-0.39, 0.29) is 29.9 Å². The third-order valence-corrected chi connectivity index (χ3v) is 4.96. The number of guanidine groups is 1. The molecule has 1 atom stereocenters. The second kappa shape index (κ2) is 9.96. The molecule has 3 N–H and O–H groups in total. The molecular formula is C20H29IN4O2. The number of piperidine rings is 1. The number of hydrogen-bond donors (Lipinski definition) is 2. The number of nitrogens with two attached hydrogens (primary N) is 1. The highest BCUT2D eigenvalue weighted by atomic mass is 127. The Hall–Kier alpha value is -1.77. The van der Waals surface area contributed by atoms with Crippen molar-refractivity contribution in [1.29, 1.82) is 0 Å². The Labute approximate surface area is 177 Å². The summed E-state index contributed by atoms with van der Waals surface area (Å²) >= 11 is 0. The number of para-hydroxylation sites is 1. The number of nitrogens with one attached hydrogen (secondary N) is 1. The van der Waals surface area contributed by atoms with Gasteiger partial charge in [0.25, 0.3) is 0 Å². The molecule has 6 nitrogen and oxygen atoms in total. The number of furan rings is 1. The van der Waals surface area contributed by atoms with Gasteiger partial charge in [0.1, 0.15) is 17.9 Å². The van der Waals surface area contributed by atoms with Crippen LogP contribution in [0.4, 0.5) is 0 Å². The van der Waals surface area contributed by atoms with Crippen molar-refractivity contribution in [2.75, 3.05) is 19.6 Å². The number of aliphatic imine (C=N–C) groups is 1. The van der Waals surface area contributed by atoms with Crippen molar-refractivity contribution in [3.8, 4) is 0 Å². The van der Waals surface area contributed by atoms with E-state index in [0.29, 0.717) is 18.9 Å². The van der Waals surface area contributed by atoms with E-state index in [1.807, 2.05) is 18.2 Å². The molecule has 2 heterocycles. The molecule has 1 unspecified atom stereocenters. The maximum absolute atomic E-state index is 11.2. The topological polar surface area (TPSA) is 83.9 Å². The molecule has 1 saturated heterocycles. The average molecular weight is 484 g/mol. The van der Waals surface area contributed by atoms with Crippen molar-refractivity contribution in [3.63, 3.8) is 0 Å². The van der Waals surface area contributed by atoms with Gasteiger partial charge in [0.15, 0.2) is 5.96 Å². The summed E-state index contributed by atoms with van der Waals surface area (Å²) in [4.78, 5) is 18.3. The first kappa shape index (κ1) is 21.5. The van der Waals surface area contributed by atoms with Crippen LogP contribution in [0.2, 0.25) is 0 Å². The van der Waals surface area contributed by atoms with Gasteiger partial charge in [-0.15, -0.1) is 24.0 Å². The maximum atomic E-state index is 11.2. The fraction of sp³-hybridized carbons (Fsp3) is 0.500. The Morgan fingerprint density at radius 1 is 1.41 bits per heavy atom. The van der Waals surface area contributed by atoms with E-state index in [2.05, 4.69) is 30.1 Å². The predicted molar refractivity (Wildman–Crippen MR) is 119 cm³/mol. The highest BCUT2D eigenvalue weighted by molar-refractivity contribution is 14.0. The average Bonchev–Trinajstić information content (AvgIpc) is 2.94. The number of fused-ring (bicyclic) bond motifs is 1. The molecule has 3 rings (SSSR count). The number of amides is 1. The lowest BCUT2D eigenvalue weighted by molar-refractivity contribution is -0.119. The van der Waals surface area contributed by atoms with Gasteiger partial charge in [-0.1, -0.05) is 18.2 Å². The first-order chi connectivity index (χ1) is 12.6. The first-order valence-electron chi connectivity index (χ1n) is 9.37. The highest BCUT2D eigenvalue weighted by Crippen LogP contribution is 2.25. The number of hydrogen-bond acceptors (Lipinski definition) is 3. The molecule has 1 fully saturated rings. The summed E-state index contributed by atoms with van der Waals surface area (Å²) < 4.78 is 5.97. The number of rotatable bonds is 5. The summed E-state index contributed by atoms with van der Waals surface area (Å²) in [7, 11) is 0. The molecule has 7 heteroatoms. The second-order valence-corrected chi connectivity index (χ2v) is 6.94. The van der Waals surface area contributed by atoms with Gasteiger partial charge in [-0.2, -0.15) is 0 Å². The van der Waals surface area contributed by atoms with E-state index in [4.69, 9.17) is 15.1 Å². The molecule has 0 saturated carbocycles. The monoisotopic (exact) mass is 484 g/mol. The van der Waals surface area contributed by atoms with Gasteiger partial charge in [-0.3, -0.25) is 4.79 Å². The van der Waals surface area contributed by atoms with E-state index >= 15 is 0 Å². The third-order valence-electron chi connectivity index (χ3n) is 4.96. The van der Waals surface area contributed by atoms with Crippen LogP contribution in [0, 0.1) is 12.8 Å². The van der Waals surface area contributed by atoms with Crippen molar-refractivity contribution in [1.82, 2.24) is 10.2 Å². The van der Waals surface area contributed by atoms with Gasteiger partial charge in [0.2, 0.25) is 5.91 Å². The Balaban J connectivity index is 0.00000261. The van der Waals surface area contributed by atoms with Crippen LogP contribution in [0.1, 0.15) is 37.5 Å². The molecule has 0 radical (unpaired) electrons. The molecule has 148 valence electrons. The number of primary amides is 1. The number of aryl methyl sites for hydroxylation is 1. The van der Waals surface area contributed by atoms with Crippen LogP contribution in [0.5, 0.6) is 0 Å². The molecule has 1 aromatic heterocycles. The van der Waals surface area contributed by atoms with Gasteiger partial charge < -0.3 is 20.4 Å². The molecule has 0 bridgehead atoms. The fourth-order valence-corrected chi connectivity index (χ4v) is 3.66. The largest absolute Gasteiger partial charge is 0.459 e. The van der Waals surface area contributed by atoms with E-state index in [0.717, 1.165) is 60.7 Å². The van der Waals surface area contributed by atoms with E-state index < -0.39 is 0 Å². The molecule has 0 spiro atoms. The minimum Gasteiger partial charge on any atom is -0.459 e. The van der Waals surface area contributed by atoms with Gasteiger partial charge in [-0.25, -0.2) is 4.99 Å². The molecular weight excluding hydrogens is 455 g/mol. The Bertz CT molecular complexity index is 802. The van der Waals surface area contributed by atoms with Crippen LogP contribution in [0.25, 0.3) is 11.0 Å². The van der Waals surface area contributed by atoms with Crippen LogP contribution in [-0.2, 0) is 11.3 Å². The lowest BCUT2D eigenvalue weighted by atomic mass is 9.95. The molecule has 1 aromatic carbocycles. The van der Waals surface area contributed by atoms with Gasteiger partial charge in [-0.05, 0) is 38.7 Å². The van der Waals surface area contributed by atoms with Crippen molar-refractivity contribution in [3.05, 3.63) is 35.6 Å². The Kier molecular flexibility index (Phi) is 7.94. The molecule has 1 amide bonds. The normalized spacial score (nSPS) is 17.6. The quantitative estimate of drug-likeness (QED) is 0.387. The van der Waals surface area contributed by atoms with Crippen molar-refractivity contribution in [2.45, 2.75) is 39.7 Å². The minimum atomic E-state index is -0.225. The third kappa shape index (κ3) is 5.37. The minimum absolute atomic E-state index is 0. The molecule has 0 aliphatic carbocycles. The smallest absolute Gasteiger partial charge is 0.217 e. The van der Waals surface area contributed by atoms with Gasteiger partial charge in [0, 0.05) is 37.0 Å². The summed E-state index contributed by atoms with van der Waals surface area (Å²) in [6.45, 7) is 7.20. The summed E-state index contributed by atoms with van der Waals surface area (Å²) in [5, 5.41) is 4.51. The number of likely N-dealkylation sites (tertiary alicyclic amines) is 1. The predicted octanol–water partition coefficient (Wildman–Crippen LogP) is 3.41. The summed E-state index contributed by atoms with van der Waals surface area (Å²) in [5.74, 6) is 1.85. The van der Waals surface area contributed by atoms with Crippen LogP contribution < -0.4 is 11.1 Å². The number of carbonyl (C=O) groups excluding carboxylic acids is 1. The number of halogens is 1. The lowest BCUT2D eigenvalue weighted by Gasteiger charge is -2.34. The van der Waals surface area contributed by atoms with Crippen LogP contribution in [0.15, 0.2) is 33.7 Å². The second-order valence-electron chi connectivity index (χ2n) is 6.94. The summed E-state index contributed by atoms with van der Waals surface area (Å²) in [6.07, 6.45) is 2.53. The van der Waals surface area contributed by atoms with Crippen LogP contribution in [-0.4, -0.2) is 36.4 Å². The zero-order valence-corrected chi connectivity index (χ0v) is 18.4. The zero-order chi connectivity index (χ0) is 18.5. The number of carbonyl (C=O) groups is 1. The van der Waals surface area contributed by atoms with Gasteiger partial charge >= 0.3 is 0 Å². The number of benzene rings is 1. The fourth-order valence-electron chi connectivity index (χ4n) is 3.66. The van der Waals surface area contributed by atoms with E-state index in [1.54, 1.807) is 0 Å². The van der Waals surface area contributed by atoms with Gasteiger partial charge in [0.05, 0.1) is 0 Å². The van der Waals surface area contributed by atoms with Crippen molar-refractivity contribution >= 4 is 46.8 Å². The highest BCUT2D eigenvalue weighted by Gasteiger charge is 2.23. The van der Waals surface area contributed by atoms with Crippen molar-refractivity contribution in [2.24, 2.45) is 16.6 Å². The molecule has 1 aliphatic heterocycles. The van der Waals surface area contributed by atoms with Crippen LogP contribution >= 0.6 is 24.0 Å². The maximum Gasteiger partial charge on any atom is 0.217 e. The Morgan fingerprint density at radius 2 is 2.19 bits per heavy atom. The Morgan fingerprint density at radius 3 is 2.89 bits per heavy atom. The zero-order valence-electron chi connectivity index (χ0n) is 16.0. The van der Waals surface area contributed by atoms with Crippen molar-refractivity contribution < 1.29 is 9.21 Å². The standard InChI is InChI=1S/C20H28N4O2.HI/c1-3-22-20(24-10-6-7-15(13-24)11-19(21)25)23-12-18-14(2)16-8-4-5-9-17(16)26-18;/h4-5,8-9,15H,3,6-7,10-13H2,1-2H3,(H2,21,25)(H,22,23);1H. The van der Waals surface area contributed by atoms with E-state index in [1.165, 1.54) is 0 Å². The summed E-state index contributed by atoms with van der Waals surface area (Å²) in [5.41, 5.74) is 7.42. The van der Waals surface area contributed by atoms with E-state index in [9.17, 15) is 4.79 Å². The molecule has 2 aromatic rings.